The van der Waals surface area contributed by atoms with Crippen molar-refractivity contribution in [1.29, 1.82) is 0 Å². The topological polar surface area (TPSA) is 54.4 Å². The Morgan fingerprint density at radius 3 is 2.53 bits per heavy atom. The van der Waals surface area contributed by atoms with Crippen molar-refractivity contribution in [1.82, 2.24) is 0 Å². The van der Waals surface area contributed by atoms with Crippen LogP contribution in [0, 0.1) is 5.92 Å². The van der Waals surface area contributed by atoms with Crippen LogP contribution in [0.5, 0.6) is 0 Å². The summed E-state index contributed by atoms with van der Waals surface area (Å²) in [4.78, 5) is 0.648. The van der Waals surface area contributed by atoms with Gasteiger partial charge in [0.2, 0.25) is 9.84 Å². The number of benzene rings is 1. The molecule has 17 heavy (non-hydrogen) atoms. The molecule has 0 fully saturated rings. The number of allylic oxidation sites excluding steroid dienone is 1. The van der Waals surface area contributed by atoms with Gasteiger partial charge in [-0.05, 0) is 25.0 Å². The monoisotopic (exact) mass is 252 g/mol. The van der Waals surface area contributed by atoms with Gasteiger partial charge in [-0.15, -0.1) is 0 Å². The van der Waals surface area contributed by atoms with Crippen molar-refractivity contribution in [2.24, 2.45) is 5.92 Å². The van der Waals surface area contributed by atoms with Crippen LogP contribution in [0.1, 0.15) is 19.8 Å². The molecule has 1 aliphatic rings. The summed E-state index contributed by atoms with van der Waals surface area (Å²) >= 11 is 0. The first kappa shape index (κ1) is 12.3. The quantitative estimate of drug-likeness (QED) is 0.877. The predicted octanol–water partition coefficient (Wildman–Crippen LogP) is 2.14. The SMILES string of the molecule is C[C@@H]1C(S(=O)(=O)c2ccccc2)=CCC[C@H]1O. The maximum Gasteiger partial charge on any atom is 0.202 e. The van der Waals surface area contributed by atoms with Gasteiger partial charge in [0.25, 0.3) is 0 Å². The second kappa shape index (κ2) is 4.63. The Kier molecular flexibility index (Phi) is 3.35. The van der Waals surface area contributed by atoms with Crippen LogP contribution in [0.2, 0.25) is 0 Å². The Hall–Kier alpha value is -1.13. The maximum absolute atomic E-state index is 12.4. The lowest BCUT2D eigenvalue weighted by Gasteiger charge is -2.25. The zero-order valence-electron chi connectivity index (χ0n) is 9.70. The maximum atomic E-state index is 12.4. The van der Waals surface area contributed by atoms with Crippen molar-refractivity contribution in [2.45, 2.75) is 30.8 Å². The van der Waals surface area contributed by atoms with Crippen LogP contribution in [0.15, 0.2) is 46.2 Å². The Labute approximate surface area is 102 Å². The number of aliphatic hydroxyl groups is 1. The third-order valence-corrected chi connectivity index (χ3v) is 5.25. The van der Waals surface area contributed by atoms with Crippen LogP contribution in [0.25, 0.3) is 0 Å². The molecule has 0 saturated heterocycles. The van der Waals surface area contributed by atoms with E-state index in [9.17, 15) is 13.5 Å². The minimum absolute atomic E-state index is 0.298. The molecule has 1 aliphatic carbocycles. The van der Waals surface area contributed by atoms with Gasteiger partial charge in [0.05, 0.1) is 15.9 Å². The minimum Gasteiger partial charge on any atom is -0.392 e. The van der Waals surface area contributed by atoms with E-state index in [0.717, 1.165) is 0 Å². The molecule has 1 N–H and O–H groups in total. The third-order valence-electron chi connectivity index (χ3n) is 3.20. The fourth-order valence-corrected chi connectivity index (χ4v) is 3.88. The number of aliphatic hydroxyl groups excluding tert-OH is 1. The lowest BCUT2D eigenvalue weighted by Crippen LogP contribution is -2.26. The molecule has 0 amide bonds. The van der Waals surface area contributed by atoms with Gasteiger partial charge in [0, 0.05) is 5.92 Å². The highest BCUT2D eigenvalue weighted by atomic mass is 32.2. The molecule has 4 heteroatoms. The van der Waals surface area contributed by atoms with Crippen LogP contribution in [0.3, 0.4) is 0 Å². The van der Waals surface area contributed by atoms with Gasteiger partial charge in [-0.3, -0.25) is 0 Å². The average Bonchev–Trinajstić information content (AvgIpc) is 2.33. The van der Waals surface area contributed by atoms with E-state index in [1.165, 1.54) is 0 Å². The molecule has 1 aromatic rings. The molecule has 92 valence electrons. The van der Waals surface area contributed by atoms with Gasteiger partial charge in [-0.1, -0.05) is 31.2 Å². The largest absolute Gasteiger partial charge is 0.392 e. The number of rotatable bonds is 2. The van der Waals surface area contributed by atoms with Crippen LogP contribution >= 0.6 is 0 Å². The predicted molar refractivity (Wildman–Crippen MR) is 66.1 cm³/mol. The van der Waals surface area contributed by atoms with E-state index in [1.54, 1.807) is 43.3 Å². The molecule has 0 radical (unpaired) electrons. The first-order valence-electron chi connectivity index (χ1n) is 5.71. The normalized spacial score (nSPS) is 25.4. The first-order valence-corrected chi connectivity index (χ1v) is 7.20. The highest BCUT2D eigenvalue weighted by molar-refractivity contribution is 7.95. The Morgan fingerprint density at radius 1 is 1.24 bits per heavy atom. The fourth-order valence-electron chi connectivity index (χ4n) is 2.11. The zero-order valence-corrected chi connectivity index (χ0v) is 10.5. The molecule has 0 aliphatic heterocycles. The summed E-state index contributed by atoms with van der Waals surface area (Å²) in [6, 6.07) is 8.37. The highest BCUT2D eigenvalue weighted by Crippen LogP contribution is 2.32. The number of sulfone groups is 1. The minimum atomic E-state index is -3.44. The molecule has 1 aromatic carbocycles. The van der Waals surface area contributed by atoms with Crippen molar-refractivity contribution in [3.63, 3.8) is 0 Å². The molecule has 2 atom stereocenters. The molecular weight excluding hydrogens is 236 g/mol. The molecule has 0 spiro atoms. The van der Waals surface area contributed by atoms with Crippen LogP contribution in [-0.2, 0) is 9.84 Å². The van der Waals surface area contributed by atoms with Gasteiger partial charge in [-0.25, -0.2) is 8.42 Å². The van der Waals surface area contributed by atoms with E-state index in [1.807, 2.05) is 0 Å². The van der Waals surface area contributed by atoms with Gasteiger partial charge >= 0.3 is 0 Å². The smallest absolute Gasteiger partial charge is 0.202 e. The Bertz CT molecular complexity index is 517. The van der Waals surface area contributed by atoms with Gasteiger partial charge in [0.1, 0.15) is 0 Å². The van der Waals surface area contributed by atoms with Gasteiger partial charge < -0.3 is 5.11 Å². The van der Waals surface area contributed by atoms with Crippen molar-refractivity contribution >= 4 is 9.84 Å². The summed E-state index contributed by atoms with van der Waals surface area (Å²) < 4.78 is 24.7. The van der Waals surface area contributed by atoms with E-state index in [2.05, 4.69) is 0 Å². The lowest BCUT2D eigenvalue weighted by atomic mass is 9.94. The number of hydrogen-bond donors (Lipinski definition) is 1. The van der Waals surface area contributed by atoms with E-state index in [-0.39, 0.29) is 5.92 Å². The average molecular weight is 252 g/mol. The summed E-state index contributed by atoms with van der Waals surface area (Å²) in [5, 5.41) is 9.75. The highest BCUT2D eigenvalue weighted by Gasteiger charge is 2.31. The zero-order chi connectivity index (χ0) is 12.5. The molecule has 0 saturated carbocycles. The van der Waals surface area contributed by atoms with Crippen molar-refractivity contribution in [3.05, 3.63) is 41.3 Å². The summed E-state index contributed by atoms with van der Waals surface area (Å²) in [6.07, 6.45) is 2.43. The standard InChI is InChI=1S/C13H16O3S/c1-10-12(14)8-5-9-13(10)17(15,16)11-6-3-2-4-7-11/h2-4,6-7,9-10,12,14H,5,8H2,1H3/t10-,12+/m0/s1. The van der Waals surface area contributed by atoms with Gasteiger partial charge in [0.15, 0.2) is 0 Å². The molecule has 0 aromatic heterocycles. The summed E-state index contributed by atoms with van der Waals surface area (Å²) in [5.41, 5.74) is 0. The van der Waals surface area contributed by atoms with Crippen LogP contribution in [-0.4, -0.2) is 19.6 Å². The van der Waals surface area contributed by atoms with E-state index < -0.39 is 15.9 Å². The molecule has 0 unspecified atom stereocenters. The Morgan fingerprint density at radius 2 is 1.88 bits per heavy atom. The van der Waals surface area contributed by atoms with E-state index >= 15 is 0 Å². The van der Waals surface area contributed by atoms with E-state index in [0.29, 0.717) is 22.6 Å². The molecule has 0 bridgehead atoms. The van der Waals surface area contributed by atoms with E-state index in [4.69, 9.17) is 0 Å². The summed E-state index contributed by atoms with van der Waals surface area (Å²) in [6.45, 7) is 1.76. The molecular formula is C13H16O3S. The lowest BCUT2D eigenvalue weighted by molar-refractivity contribution is 0.121. The summed E-state index contributed by atoms with van der Waals surface area (Å²) in [7, 11) is -3.44. The summed E-state index contributed by atoms with van der Waals surface area (Å²) in [5.74, 6) is -0.325. The number of hydrogen-bond acceptors (Lipinski definition) is 3. The fraction of sp³-hybridized carbons (Fsp3) is 0.385. The van der Waals surface area contributed by atoms with Crippen LogP contribution < -0.4 is 0 Å². The Balaban J connectivity index is 2.44. The van der Waals surface area contributed by atoms with Crippen molar-refractivity contribution < 1.29 is 13.5 Å². The molecule has 2 rings (SSSR count). The second-order valence-electron chi connectivity index (χ2n) is 4.36. The molecule has 3 nitrogen and oxygen atoms in total. The van der Waals surface area contributed by atoms with Gasteiger partial charge in [-0.2, -0.15) is 0 Å². The van der Waals surface area contributed by atoms with Crippen LogP contribution in [0.4, 0.5) is 0 Å². The van der Waals surface area contributed by atoms with Crippen molar-refractivity contribution in [2.75, 3.05) is 0 Å². The third kappa shape index (κ3) is 2.28. The second-order valence-corrected chi connectivity index (χ2v) is 6.31. The van der Waals surface area contributed by atoms with Crippen molar-refractivity contribution in [3.8, 4) is 0 Å². The first-order chi connectivity index (χ1) is 8.03. The molecule has 0 heterocycles.